The molecule has 0 bridgehead atoms. The van der Waals surface area contributed by atoms with Gasteiger partial charge in [0.05, 0.1) is 22.3 Å². The topological polar surface area (TPSA) is 59.2 Å². The Hall–Kier alpha value is -1.46. The minimum Gasteiger partial charge on any atom is -0.337 e. The van der Waals surface area contributed by atoms with Gasteiger partial charge in [0.25, 0.3) is 0 Å². The first-order valence-electron chi connectivity index (χ1n) is 6.83. The lowest BCUT2D eigenvalue weighted by Gasteiger charge is -2.28. The SMILES string of the molecule is CCCC(C)(N)C(=O)N(C)Cc1nc2ccccc2s1. The maximum atomic E-state index is 12.4. The second-order valence-electron chi connectivity index (χ2n) is 5.40. The van der Waals surface area contributed by atoms with Gasteiger partial charge < -0.3 is 10.6 Å². The summed E-state index contributed by atoms with van der Waals surface area (Å²) < 4.78 is 1.15. The van der Waals surface area contributed by atoms with Crippen molar-refractivity contribution in [2.75, 3.05) is 7.05 Å². The number of carbonyl (C=O) groups excluding carboxylic acids is 1. The van der Waals surface area contributed by atoms with E-state index >= 15 is 0 Å². The van der Waals surface area contributed by atoms with E-state index in [2.05, 4.69) is 4.98 Å². The van der Waals surface area contributed by atoms with Crippen LogP contribution in [-0.4, -0.2) is 28.4 Å². The highest BCUT2D eigenvalue weighted by Crippen LogP contribution is 2.23. The molecule has 0 aliphatic carbocycles. The highest BCUT2D eigenvalue weighted by atomic mass is 32.1. The molecule has 108 valence electrons. The number of benzene rings is 1. The number of rotatable bonds is 5. The summed E-state index contributed by atoms with van der Waals surface area (Å²) in [5, 5.41) is 0.939. The Balaban J connectivity index is 2.11. The lowest BCUT2D eigenvalue weighted by molar-refractivity contribution is -0.135. The van der Waals surface area contributed by atoms with Gasteiger partial charge >= 0.3 is 0 Å². The van der Waals surface area contributed by atoms with E-state index in [1.54, 1.807) is 30.2 Å². The highest BCUT2D eigenvalue weighted by Gasteiger charge is 2.30. The number of nitrogens with two attached hydrogens (primary N) is 1. The molecule has 2 rings (SSSR count). The molecule has 0 aliphatic heterocycles. The third kappa shape index (κ3) is 3.16. The predicted molar refractivity (Wildman–Crippen MR) is 83.6 cm³/mol. The van der Waals surface area contributed by atoms with Crippen LogP contribution in [0.2, 0.25) is 0 Å². The summed E-state index contributed by atoms with van der Waals surface area (Å²) in [6.07, 6.45) is 1.59. The first-order chi connectivity index (χ1) is 9.44. The quantitative estimate of drug-likeness (QED) is 0.921. The number of likely N-dealkylation sites (N-methyl/N-ethyl adjacent to an activating group) is 1. The average molecular weight is 291 g/mol. The van der Waals surface area contributed by atoms with E-state index in [1.165, 1.54) is 0 Å². The van der Waals surface area contributed by atoms with Crippen molar-refractivity contribution >= 4 is 27.5 Å². The van der Waals surface area contributed by atoms with Gasteiger partial charge in [-0.05, 0) is 25.5 Å². The van der Waals surface area contributed by atoms with E-state index in [0.29, 0.717) is 13.0 Å². The van der Waals surface area contributed by atoms with Crippen LogP contribution in [0.3, 0.4) is 0 Å². The number of thiazole rings is 1. The second-order valence-corrected chi connectivity index (χ2v) is 6.52. The van der Waals surface area contributed by atoms with Gasteiger partial charge in [-0.15, -0.1) is 11.3 Å². The highest BCUT2D eigenvalue weighted by molar-refractivity contribution is 7.18. The van der Waals surface area contributed by atoms with Crippen LogP contribution in [0.1, 0.15) is 31.7 Å². The Morgan fingerprint density at radius 1 is 1.45 bits per heavy atom. The largest absolute Gasteiger partial charge is 0.337 e. The first kappa shape index (κ1) is 14.9. The fourth-order valence-electron chi connectivity index (χ4n) is 2.32. The number of hydrogen-bond donors (Lipinski definition) is 1. The summed E-state index contributed by atoms with van der Waals surface area (Å²) in [6, 6.07) is 8.00. The van der Waals surface area contributed by atoms with Gasteiger partial charge in [-0.3, -0.25) is 4.79 Å². The zero-order valence-corrected chi connectivity index (χ0v) is 13.0. The third-order valence-electron chi connectivity index (χ3n) is 3.32. The van der Waals surface area contributed by atoms with E-state index in [-0.39, 0.29) is 5.91 Å². The van der Waals surface area contributed by atoms with Crippen molar-refractivity contribution in [3.8, 4) is 0 Å². The Bertz CT molecular complexity index is 573. The van der Waals surface area contributed by atoms with Crippen LogP contribution in [0.15, 0.2) is 24.3 Å². The average Bonchev–Trinajstić information content (AvgIpc) is 2.79. The Morgan fingerprint density at radius 2 is 2.15 bits per heavy atom. The molecule has 1 aromatic heterocycles. The molecule has 0 spiro atoms. The summed E-state index contributed by atoms with van der Waals surface area (Å²) in [4.78, 5) is 18.6. The van der Waals surface area contributed by atoms with Gasteiger partial charge in [-0.1, -0.05) is 25.5 Å². The molecule has 4 nitrogen and oxygen atoms in total. The lowest BCUT2D eigenvalue weighted by atomic mass is 9.96. The smallest absolute Gasteiger partial charge is 0.242 e. The number of nitrogens with zero attached hydrogens (tertiary/aromatic N) is 2. The number of para-hydroxylation sites is 1. The molecule has 1 heterocycles. The molecule has 2 aromatic rings. The van der Waals surface area contributed by atoms with Crippen molar-refractivity contribution in [2.45, 2.75) is 38.8 Å². The number of hydrogen-bond acceptors (Lipinski definition) is 4. The number of carbonyl (C=O) groups is 1. The molecule has 5 heteroatoms. The van der Waals surface area contributed by atoms with Crippen molar-refractivity contribution in [3.05, 3.63) is 29.3 Å². The molecule has 20 heavy (non-hydrogen) atoms. The van der Waals surface area contributed by atoms with Crippen molar-refractivity contribution in [1.82, 2.24) is 9.88 Å². The molecule has 0 fully saturated rings. The molecule has 2 N–H and O–H groups in total. The molecule has 0 radical (unpaired) electrons. The molecule has 1 aromatic carbocycles. The van der Waals surface area contributed by atoms with Crippen LogP contribution < -0.4 is 5.73 Å². The summed E-state index contributed by atoms with van der Waals surface area (Å²) in [7, 11) is 1.79. The van der Waals surface area contributed by atoms with Gasteiger partial charge in [-0.2, -0.15) is 0 Å². The number of aromatic nitrogens is 1. The van der Waals surface area contributed by atoms with E-state index < -0.39 is 5.54 Å². The van der Waals surface area contributed by atoms with Gasteiger partial charge in [-0.25, -0.2) is 4.98 Å². The minimum atomic E-state index is -0.791. The van der Waals surface area contributed by atoms with Crippen LogP contribution in [-0.2, 0) is 11.3 Å². The summed E-state index contributed by atoms with van der Waals surface area (Å²) in [6.45, 7) is 4.34. The fraction of sp³-hybridized carbons (Fsp3) is 0.467. The van der Waals surface area contributed by atoms with Crippen molar-refractivity contribution in [1.29, 1.82) is 0 Å². The second kappa shape index (κ2) is 5.89. The van der Waals surface area contributed by atoms with E-state index in [0.717, 1.165) is 21.6 Å². The molecule has 1 unspecified atom stereocenters. The van der Waals surface area contributed by atoms with Crippen molar-refractivity contribution in [3.63, 3.8) is 0 Å². The molecular weight excluding hydrogens is 270 g/mol. The van der Waals surface area contributed by atoms with Gasteiger partial charge in [0.2, 0.25) is 5.91 Å². The van der Waals surface area contributed by atoms with E-state index in [1.807, 2.05) is 31.2 Å². The fourth-order valence-corrected chi connectivity index (χ4v) is 3.35. The zero-order valence-electron chi connectivity index (χ0n) is 12.2. The lowest BCUT2D eigenvalue weighted by Crippen LogP contribution is -2.51. The maximum absolute atomic E-state index is 12.4. The monoisotopic (exact) mass is 291 g/mol. The first-order valence-corrected chi connectivity index (χ1v) is 7.64. The summed E-state index contributed by atoms with van der Waals surface area (Å²) in [5.41, 5.74) is 6.28. The van der Waals surface area contributed by atoms with Crippen LogP contribution in [0.4, 0.5) is 0 Å². The normalized spacial score (nSPS) is 14.2. The Kier molecular flexibility index (Phi) is 4.40. The Morgan fingerprint density at radius 3 is 2.80 bits per heavy atom. The maximum Gasteiger partial charge on any atom is 0.242 e. The molecular formula is C15H21N3OS. The predicted octanol–water partition coefficient (Wildman–Crippen LogP) is 2.77. The molecule has 1 atom stereocenters. The molecule has 0 saturated heterocycles. The zero-order chi connectivity index (χ0) is 14.8. The van der Waals surface area contributed by atoms with Gasteiger partial charge in [0, 0.05) is 7.05 Å². The molecule has 1 amide bonds. The van der Waals surface area contributed by atoms with E-state index in [9.17, 15) is 4.79 Å². The molecule has 0 aliphatic rings. The Labute approximate surface area is 123 Å². The van der Waals surface area contributed by atoms with Crippen LogP contribution >= 0.6 is 11.3 Å². The number of fused-ring (bicyclic) bond motifs is 1. The van der Waals surface area contributed by atoms with Gasteiger partial charge in [0.1, 0.15) is 5.01 Å². The summed E-state index contributed by atoms with van der Waals surface area (Å²) in [5.74, 6) is -0.0291. The number of amides is 1. The minimum absolute atomic E-state index is 0.0291. The van der Waals surface area contributed by atoms with Crippen LogP contribution in [0, 0.1) is 0 Å². The van der Waals surface area contributed by atoms with Crippen molar-refractivity contribution in [2.24, 2.45) is 5.73 Å². The summed E-state index contributed by atoms with van der Waals surface area (Å²) >= 11 is 1.62. The third-order valence-corrected chi connectivity index (χ3v) is 4.34. The standard InChI is InChI=1S/C15H21N3OS/c1-4-9-15(2,16)14(19)18(3)10-13-17-11-7-5-6-8-12(11)20-13/h5-8H,4,9-10,16H2,1-3H3. The molecule has 0 saturated carbocycles. The van der Waals surface area contributed by atoms with Crippen LogP contribution in [0.5, 0.6) is 0 Å². The van der Waals surface area contributed by atoms with Gasteiger partial charge in [0.15, 0.2) is 0 Å². The van der Waals surface area contributed by atoms with Crippen molar-refractivity contribution < 1.29 is 4.79 Å². The van der Waals surface area contributed by atoms with Crippen LogP contribution in [0.25, 0.3) is 10.2 Å². The van der Waals surface area contributed by atoms with E-state index in [4.69, 9.17) is 5.73 Å².